The molecule has 108 valence electrons. The predicted molar refractivity (Wildman–Crippen MR) is 87.3 cm³/mol. The summed E-state index contributed by atoms with van der Waals surface area (Å²) in [5, 5.41) is 13.1. The molecule has 0 saturated carbocycles. The van der Waals surface area contributed by atoms with Crippen molar-refractivity contribution in [1.29, 1.82) is 0 Å². The summed E-state index contributed by atoms with van der Waals surface area (Å²) >= 11 is 3.20. The van der Waals surface area contributed by atoms with Crippen molar-refractivity contribution in [1.82, 2.24) is 9.36 Å². The van der Waals surface area contributed by atoms with Crippen LogP contribution in [0.25, 0.3) is 11.1 Å². The molecule has 20 heavy (non-hydrogen) atoms. The molecule has 2 heterocycles. The van der Waals surface area contributed by atoms with Crippen LogP contribution < -0.4 is 11.1 Å². The number of thioether (sulfide) groups is 1. The summed E-state index contributed by atoms with van der Waals surface area (Å²) < 4.78 is 4.21. The van der Waals surface area contributed by atoms with Gasteiger partial charge in [-0.25, -0.2) is 0 Å². The third kappa shape index (κ3) is 4.09. The van der Waals surface area contributed by atoms with E-state index in [0.717, 1.165) is 40.6 Å². The largest absolute Gasteiger partial charge is 0.396 e. The third-order valence-electron chi connectivity index (χ3n) is 2.65. The van der Waals surface area contributed by atoms with Gasteiger partial charge in [-0.05, 0) is 29.8 Å². The van der Waals surface area contributed by atoms with Gasteiger partial charge in [0.2, 0.25) is 0 Å². The standard InChI is InChI=1S/C13H18N4OS2/c14-12-11(10-3-1-4-15-9-10)13(20-17-12)16-5-8-19-7-2-6-18/h1,3-4,9,16,18H,2,5-8H2,(H2,14,17). The molecule has 0 atom stereocenters. The van der Waals surface area contributed by atoms with Crippen molar-refractivity contribution in [3.63, 3.8) is 0 Å². The fourth-order valence-electron chi connectivity index (χ4n) is 1.72. The van der Waals surface area contributed by atoms with Gasteiger partial charge in [0.25, 0.3) is 0 Å². The van der Waals surface area contributed by atoms with Crippen LogP contribution in [-0.2, 0) is 0 Å². The minimum absolute atomic E-state index is 0.261. The van der Waals surface area contributed by atoms with Crippen LogP contribution in [0, 0.1) is 0 Å². The Bertz CT molecular complexity index is 518. The highest BCUT2D eigenvalue weighted by Gasteiger charge is 2.13. The van der Waals surface area contributed by atoms with Crippen LogP contribution in [-0.4, -0.2) is 39.1 Å². The van der Waals surface area contributed by atoms with Crippen molar-refractivity contribution in [3.8, 4) is 11.1 Å². The van der Waals surface area contributed by atoms with E-state index in [1.807, 2.05) is 23.9 Å². The lowest BCUT2D eigenvalue weighted by molar-refractivity contribution is 0.296. The Hall–Kier alpha value is -1.31. The molecule has 2 aromatic heterocycles. The van der Waals surface area contributed by atoms with E-state index in [1.54, 1.807) is 12.4 Å². The summed E-state index contributed by atoms with van der Waals surface area (Å²) in [7, 11) is 0. The second-order valence-corrected chi connectivity index (χ2v) is 6.13. The smallest absolute Gasteiger partial charge is 0.147 e. The van der Waals surface area contributed by atoms with Gasteiger partial charge in [-0.1, -0.05) is 6.07 Å². The van der Waals surface area contributed by atoms with Gasteiger partial charge < -0.3 is 16.2 Å². The molecular formula is C13H18N4OS2. The lowest BCUT2D eigenvalue weighted by Gasteiger charge is -2.07. The number of anilines is 2. The van der Waals surface area contributed by atoms with Crippen LogP contribution >= 0.6 is 23.3 Å². The first-order chi connectivity index (χ1) is 9.83. The molecule has 0 aliphatic carbocycles. The summed E-state index contributed by atoms with van der Waals surface area (Å²) in [6, 6.07) is 3.87. The van der Waals surface area contributed by atoms with E-state index in [9.17, 15) is 0 Å². The number of nitrogens with one attached hydrogen (secondary N) is 1. The van der Waals surface area contributed by atoms with Crippen LogP contribution in [0.3, 0.4) is 0 Å². The quantitative estimate of drug-likeness (QED) is 0.649. The van der Waals surface area contributed by atoms with Crippen LogP contribution in [0.1, 0.15) is 6.42 Å². The SMILES string of the molecule is Nc1nsc(NCCSCCCO)c1-c1cccnc1. The average Bonchev–Trinajstić information content (AvgIpc) is 2.84. The van der Waals surface area contributed by atoms with Crippen molar-refractivity contribution in [2.45, 2.75) is 6.42 Å². The molecule has 0 radical (unpaired) electrons. The predicted octanol–water partition coefficient (Wildman–Crippen LogP) is 2.31. The van der Waals surface area contributed by atoms with Crippen LogP contribution in [0.2, 0.25) is 0 Å². The van der Waals surface area contributed by atoms with Gasteiger partial charge in [0.1, 0.15) is 10.8 Å². The van der Waals surface area contributed by atoms with E-state index >= 15 is 0 Å². The molecule has 5 nitrogen and oxygen atoms in total. The minimum atomic E-state index is 0.261. The number of pyridine rings is 1. The maximum absolute atomic E-state index is 8.71. The highest BCUT2D eigenvalue weighted by molar-refractivity contribution is 7.99. The van der Waals surface area contributed by atoms with E-state index in [4.69, 9.17) is 10.8 Å². The monoisotopic (exact) mass is 310 g/mol. The van der Waals surface area contributed by atoms with E-state index in [0.29, 0.717) is 5.82 Å². The number of nitrogens with zero attached hydrogens (tertiary/aromatic N) is 2. The number of aliphatic hydroxyl groups is 1. The molecule has 7 heteroatoms. The first kappa shape index (κ1) is 15.1. The molecule has 2 rings (SSSR count). The first-order valence-corrected chi connectivity index (χ1v) is 8.33. The number of aromatic nitrogens is 2. The topological polar surface area (TPSA) is 84.1 Å². The summed E-state index contributed by atoms with van der Waals surface area (Å²) in [5.41, 5.74) is 7.86. The molecule has 0 amide bonds. The lowest BCUT2D eigenvalue weighted by Crippen LogP contribution is -2.04. The molecule has 0 spiro atoms. The fourth-order valence-corrected chi connectivity index (χ4v) is 3.26. The Morgan fingerprint density at radius 2 is 2.30 bits per heavy atom. The van der Waals surface area contributed by atoms with E-state index in [1.165, 1.54) is 11.5 Å². The Kier molecular flexibility index (Phi) is 6.10. The summed E-state index contributed by atoms with van der Waals surface area (Å²) in [5.74, 6) is 2.52. The fraction of sp³-hybridized carbons (Fsp3) is 0.385. The van der Waals surface area contributed by atoms with Gasteiger partial charge in [0.15, 0.2) is 0 Å². The molecule has 0 unspecified atom stereocenters. The zero-order valence-corrected chi connectivity index (χ0v) is 12.7. The summed E-state index contributed by atoms with van der Waals surface area (Å²) in [6.07, 6.45) is 4.38. The van der Waals surface area contributed by atoms with Gasteiger partial charge in [-0.3, -0.25) is 4.98 Å². The van der Waals surface area contributed by atoms with Crippen molar-refractivity contribution < 1.29 is 5.11 Å². The molecule has 0 bridgehead atoms. The van der Waals surface area contributed by atoms with Crippen molar-refractivity contribution in [2.24, 2.45) is 0 Å². The average molecular weight is 310 g/mol. The summed E-state index contributed by atoms with van der Waals surface area (Å²) in [6.45, 7) is 1.11. The van der Waals surface area contributed by atoms with E-state index in [-0.39, 0.29) is 6.61 Å². The first-order valence-electron chi connectivity index (χ1n) is 6.41. The third-order valence-corrected chi connectivity index (χ3v) is 4.54. The van der Waals surface area contributed by atoms with Crippen molar-refractivity contribution >= 4 is 34.1 Å². The van der Waals surface area contributed by atoms with Gasteiger partial charge in [0.05, 0.1) is 5.56 Å². The highest BCUT2D eigenvalue weighted by atomic mass is 32.2. The number of nitrogens with two attached hydrogens (primary N) is 1. The van der Waals surface area contributed by atoms with Gasteiger partial charge in [-0.15, -0.1) is 0 Å². The zero-order chi connectivity index (χ0) is 14.2. The van der Waals surface area contributed by atoms with Gasteiger partial charge in [-0.2, -0.15) is 16.1 Å². The minimum Gasteiger partial charge on any atom is -0.396 e. The van der Waals surface area contributed by atoms with E-state index < -0.39 is 0 Å². The van der Waals surface area contributed by atoms with Crippen LogP contribution in [0.5, 0.6) is 0 Å². The number of aliphatic hydroxyl groups excluding tert-OH is 1. The van der Waals surface area contributed by atoms with Crippen LogP contribution in [0.15, 0.2) is 24.5 Å². The van der Waals surface area contributed by atoms with E-state index in [2.05, 4.69) is 14.7 Å². The molecule has 4 N–H and O–H groups in total. The van der Waals surface area contributed by atoms with Crippen molar-refractivity contribution in [3.05, 3.63) is 24.5 Å². The number of hydrogen-bond donors (Lipinski definition) is 3. The second kappa shape index (κ2) is 8.08. The van der Waals surface area contributed by atoms with Crippen molar-refractivity contribution in [2.75, 3.05) is 35.7 Å². The molecular weight excluding hydrogens is 292 g/mol. The second-order valence-electron chi connectivity index (χ2n) is 4.13. The highest BCUT2D eigenvalue weighted by Crippen LogP contribution is 2.36. The molecule has 0 saturated heterocycles. The van der Waals surface area contributed by atoms with Gasteiger partial charge in [0, 0.05) is 36.9 Å². The zero-order valence-electron chi connectivity index (χ0n) is 11.1. The Morgan fingerprint density at radius 3 is 3.05 bits per heavy atom. The maximum Gasteiger partial charge on any atom is 0.147 e. The molecule has 0 aliphatic heterocycles. The number of hydrogen-bond acceptors (Lipinski definition) is 7. The lowest BCUT2D eigenvalue weighted by atomic mass is 10.1. The maximum atomic E-state index is 8.71. The molecule has 0 fully saturated rings. The van der Waals surface area contributed by atoms with Crippen LogP contribution in [0.4, 0.5) is 10.8 Å². The Labute approximate surface area is 126 Å². The van der Waals surface area contributed by atoms with Gasteiger partial charge >= 0.3 is 0 Å². The molecule has 0 aliphatic rings. The normalized spacial score (nSPS) is 10.7. The number of nitrogen functional groups attached to an aromatic ring is 1. The Balaban J connectivity index is 1.93. The Morgan fingerprint density at radius 1 is 1.40 bits per heavy atom. The molecule has 2 aromatic rings. The number of rotatable bonds is 8. The molecule has 0 aromatic carbocycles. The summed E-state index contributed by atoms with van der Waals surface area (Å²) in [4.78, 5) is 4.12.